The highest BCUT2D eigenvalue weighted by Gasteiger charge is 2.09. The summed E-state index contributed by atoms with van der Waals surface area (Å²) in [6.07, 6.45) is 1.60. The van der Waals surface area contributed by atoms with Crippen molar-refractivity contribution in [1.82, 2.24) is 25.4 Å². The van der Waals surface area contributed by atoms with Crippen LogP contribution in [0.4, 0.5) is 8.78 Å². The topological polar surface area (TPSA) is 76.4 Å². The summed E-state index contributed by atoms with van der Waals surface area (Å²) in [5.74, 6) is 1.40. The van der Waals surface area contributed by atoms with Crippen molar-refractivity contribution in [2.75, 3.05) is 7.05 Å². The van der Waals surface area contributed by atoms with Crippen LogP contribution in [0, 0.1) is 0 Å². The van der Waals surface area contributed by atoms with E-state index in [1.807, 2.05) is 7.05 Å². The molecule has 2 N–H and O–H groups in total. The second kappa shape index (κ2) is 8.06. The molecule has 2 aromatic rings. The van der Waals surface area contributed by atoms with Crippen LogP contribution in [-0.2, 0) is 20.1 Å². The highest BCUT2D eigenvalue weighted by atomic mass is 19.3. The summed E-state index contributed by atoms with van der Waals surface area (Å²) in [6.45, 7) is -2.13. The fourth-order valence-electron chi connectivity index (χ4n) is 1.89. The number of aliphatic imine (C=N–C) groups is 1. The molecular weight excluding hydrogens is 306 g/mol. The Morgan fingerprint density at radius 1 is 1.30 bits per heavy atom. The number of alkyl halides is 2. The Morgan fingerprint density at radius 3 is 2.70 bits per heavy atom. The number of ether oxygens (including phenoxy) is 1. The number of hydrogen-bond donors (Lipinski definition) is 2. The number of rotatable bonds is 6. The predicted molar refractivity (Wildman–Crippen MR) is 81.1 cm³/mol. The molecule has 0 aliphatic heterocycles. The Balaban J connectivity index is 1.92. The number of aryl methyl sites for hydroxylation is 1. The first-order chi connectivity index (χ1) is 11.1. The quantitative estimate of drug-likeness (QED) is 0.618. The summed E-state index contributed by atoms with van der Waals surface area (Å²) in [5.41, 5.74) is 0.606. The average molecular weight is 324 g/mol. The maximum atomic E-state index is 12.4. The molecule has 1 aromatic carbocycles. The van der Waals surface area contributed by atoms with E-state index in [9.17, 15) is 8.78 Å². The Kier molecular flexibility index (Phi) is 5.84. The van der Waals surface area contributed by atoms with E-state index in [1.54, 1.807) is 36.1 Å². The number of nitrogens with one attached hydrogen (secondary N) is 2. The van der Waals surface area contributed by atoms with Gasteiger partial charge in [0.2, 0.25) is 0 Å². The van der Waals surface area contributed by atoms with Gasteiger partial charge in [0.1, 0.15) is 12.1 Å². The summed E-state index contributed by atoms with van der Waals surface area (Å²) >= 11 is 0. The molecule has 0 saturated heterocycles. The van der Waals surface area contributed by atoms with Crippen molar-refractivity contribution in [2.45, 2.75) is 19.7 Å². The van der Waals surface area contributed by atoms with Crippen LogP contribution in [0.25, 0.3) is 0 Å². The van der Waals surface area contributed by atoms with Gasteiger partial charge in [-0.05, 0) is 6.07 Å². The fourth-order valence-corrected chi connectivity index (χ4v) is 1.89. The Morgan fingerprint density at radius 2 is 2.04 bits per heavy atom. The van der Waals surface area contributed by atoms with E-state index in [-0.39, 0.29) is 5.75 Å². The van der Waals surface area contributed by atoms with Gasteiger partial charge in [-0.25, -0.2) is 0 Å². The van der Waals surface area contributed by atoms with Gasteiger partial charge in [-0.15, -0.1) is 10.2 Å². The zero-order chi connectivity index (χ0) is 16.7. The van der Waals surface area contributed by atoms with E-state index in [4.69, 9.17) is 0 Å². The molecule has 0 bridgehead atoms. The molecule has 0 fully saturated rings. The molecule has 1 aromatic heterocycles. The molecule has 9 heteroatoms. The van der Waals surface area contributed by atoms with Crippen LogP contribution in [-0.4, -0.2) is 34.4 Å². The third-order valence-electron chi connectivity index (χ3n) is 3.08. The first-order valence-corrected chi connectivity index (χ1v) is 6.90. The van der Waals surface area contributed by atoms with Crippen molar-refractivity contribution >= 4 is 5.96 Å². The Hall–Kier alpha value is -2.71. The molecule has 0 aliphatic carbocycles. The van der Waals surface area contributed by atoms with Gasteiger partial charge in [-0.1, -0.05) is 18.2 Å². The van der Waals surface area contributed by atoms with Crippen LogP contribution in [0.2, 0.25) is 0 Å². The van der Waals surface area contributed by atoms with Crippen LogP contribution in [0.1, 0.15) is 11.4 Å². The monoisotopic (exact) mass is 324 g/mol. The first-order valence-electron chi connectivity index (χ1n) is 6.90. The van der Waals surface area contributed by atoms with Gasteiger partial charge in [-0.3, -0.25) is 4.99 Å². The second-order valence-electron chi connectivity index (χ2n) is 4.62. The van der Waals surface area contributed by atoms with Gasteiger partial charge in [0.25, 0.3) is 0 Å². The van der Waals surface area contributed by atoms with E-state index < -0.39 is 6.61 Å². The van der Waals surface area contributed by atoms with Crippen molar-refractivity contribution in [3.05, 3.63) is 42.0 Å². The summed E-state index contributed by atoms with van der Waals surface area (Å²) in [5, 5.41) is 13.8. The number of hydrogen-bond acceptors (Lipinski definition) is 4. The molecule has 0 amide bonds. The lowest BCUT2D eigenvalue weighted by atomic mass is 10.2. The molecule has 1 heterocycles. The Labute approximate surface area is 132 Å². The molecule has 124 valence electrons. The van der Waals surface area contributed by atoms with Gasteiger partial charge >= 0.3 is 6.61 Å². The summed E-state index contributed by atoms with van der Waals surface area (Å²) in [6, 6.07) is 6.60. The molecule has 2 rings (SSSR count). The average Bonchev–Trinajstić information content (AvgIpc) is 2.93. The second-order valence-corrected chi connectivity index (χ2v) is 4.62. The highest BCUT2D eigenvalue weighted by Crippen LogP contribution is 2.19. The summed E-state index contributed by atoms with van der Waals surface area (Å²) < 4.78 is 31.0. The molecule has 23 heavy (non-hydrogen) atoms. The predicted octanol–water partition coefficient (Wildman–Crippen LogP) is 1.28. The van der Waals surface area contributed by atoms with Gasteiger partial charge in [0.05, 0.1) is 6.54 Å². The molecule has 0 saturated carbocycles. The van der Waals surface area contributed by atoms with Gasteiger partial charge in [0.15, 0.2) is 11.8 Å². The summed E-state index contributed by atoms with van der Waals surface area (Å²) in [4.78, 5) is 4.07. The maximum Gasteiger partial charge on any atom is 0.387 e. The molecular formula is C14H18F2N6O. The van der Waals surface area contributed by atoms with Crippen molar-refractivity contribution in [1.29, 1.82) is 0 Å². The van der Waals surface area contributed by atoms with Crippen LogP contribution < -0.4 is 15.4 Å². The minimum Gasteiger partial charge on any atom is -0.434 e. The number of aromatic nitrogens is 3. The lowest BCUT2D eigenvalue weighted by Gasteiger charge is -2.14. The lowest BCUT2D eigenvalue weighted by Crippen LogP contribution is -2.37. The third-order valence-corrected chi connectivity index (χ3v) is 3.08. The summed E-state index contributed by atoms with van der Waals surface area (Å²) in [7, 11) is 3.46. The molecule has 0 unspecified atom stereocenters. The SMILES string of the molecule is CN=C(NCc1ccccc1OC(F)F)NCc1nncn1C. The Bertz CT molecular complexity index is 658. The van der Waals surface area contributed by atoms with Crippen molar-refractivity contribution in [3.63, 3.8) is 0 Å². The number of guanidine groups is 1. The van der Waals surface area contributed by atoms with E-state index in [0.717, 1.165) is 5.82 Å². The molecule has 7 nitrogen and oxygen atoms in total. The highest BCUT2D eigenvalue weighted by molar-refractivity contribution is 5.79. The lowest BCUT2D eigenvalue weighted by molar-refractivity contribution is -0.0504. The number of benzene rings is 1. The number of para-hydroxylation sites is 1. The maximum absolute atomic E-state index is 12.4. The number of halogens is 2. The largest absolute Gasteiger partial charge is 0.434 e. The zero-order valence-electron chi connectivity index (χ0n) is 12.8. The fraction of sp³-hybridized carbons (Fsp3) is 0.357. The third kappa shape index (κ3) is 4.90. The molecule has 0 atom stereocenters. The normalized spacial score (nSPS) is 11.6. The number of nitrogens with zero attached hydrogens (tertiary/aromatic N) is 4. The van der Waals surface area contributed by atoms with Crippen LogP contribution >= 0.6 is 0 Å². The molecule has 0 spiro atoms. The zero-order valence-corrected chi connectivity index (χ0v) is 12.8. The van der Waals surface area contributed by atoms with Gasteiger partial charge in [-0.2, -0.15) is 8.78 Å². The standard InChI is InChI=1S/C14H18F2N6O/c1-17-14(19-8-12-21-20-9-22(12)2)18-7-10-5-3-4-6-11(10)23-13(15)16/h3-6,9,13H,7-8H2,1-2H3,(H2,17,18,19). The van der Waals surface area contributed by atoms with Crippen LogP contribution in [0.5, 0.6) is 5.75 Å². The minimum absolute atomic E-state index is 0.138. The molecule has 0 radical (unpaired) electrons. The van der Waals surface area contributed by atoms with Crippen LogP contribution in [0.3, 0.4) is 0 Å². The first kappa shape index (κ1) is 16.7. The van der Waals surface area contributed by atoms with Crippen LogP contribution in [0.15, 0.2) is 35.6 Å². The van der Waals surface area contributed by atoms with Crippen molar-refractivity contribution in [3.8, 4) is 5.75 Å². The van der Waals surface area contributed by atoms with Gasteiger partial charge in [0, 0.05) is 26.2 Å². The minimum atomic E-state index is -2.86. The molecule has 0 aliphatic rings. The smallest absolute Gasteiger partial charge is 0.387 e. The van der Waals surface area contributed by atoms with E-state index >= 15 is 0 Å². The van der Waals surface area contributed by atoms with E-state index in [2.05, 4.69) is 30.6 Å². The van der Waals surface area contributed by atoms with E-state index in [0.29, 0.717) is 24.6 Å². The van der Waals surface area contributed by atoms with E-state index in [1.165, 1.54) is 6.07 Å². The van der Waals surface area contributed by atoms with Gasteiger partial charge < -0.3 is 19.9 Å². The van der Waals surface area contributed by atoms with Crippen molar-refractivity contribution in [2.24, 2.45) is 12.0 Å². The van der Waals surface area contributed by atoms with Crippen molar-refractivity contribution < 1.29 is 13.5 Å².